The van der Waals surface area contributed by atoms with Gasteiger partial charge in [0.25, 0.3) is 0 Å². The molecule has 92 valence electrons. The summed E-state index contributed by atoms with van der Waals surface area (Å²) in [5, 5.41) is 8.84. The smallest absolute Gasteiger partial charge is 0.0691 e. The molecule has 0 spiro atoms. The lowest BCUT2D eigenvalue weighted by molar-refractivity contribution is 0.128. The molecule has 1 aliphatic rings. The van der Waals surface area contributed by atoms with E-state index in [2.05, 4.69) is 6.07 Å². The first-order valence-corrected chi connectivity index (χ1v) is 7.40. The molecule has 0 aromatic rings. The summed E-state index contributed by atoms with van der Waals surface area (Å²) >= 11 is 0. The number of ether oxygens (including phenoxy) is 1. The van der Waals surface area contributed by atoms with Gasteiger partial charge in [0.1, 0.15) is 0 Å². The third kappa shape index (κ3) is 5.09. The van der Waals surface area contributed by atoms with Crippen LogP contribution in [-0.2, 0) is 15.5 Å². The molecule has 0 saturated carbocycles. The minimum Gasteiger partial charge on any atom is -0.377 e. The lowest BCUT2D eigenvalue weighted by Gasteiger charge is -2.14. The molecule has 1 saturated heterocycles. The standard InChI is InChI=1S/C12H21NO2S/c1-12(2,10-13)6-4-8-16(14)9-11-5-3-7-15-11/h11H,3-9H2,1-2H3. The van der Waals surface area contributed by atoms with Gasteiger partial charge in [0.2, 0.25) is 0 Å². The van der Waals surface area contributed by atoms with Crippen LogP contribution in [0.25, 0.3) is 0 Å². The molecule has 0 N–H and O–H groups in total. The highest BCUT2D eigenvalue weighted by atomic mass is 32.2. The molecule has 4 heteroatoms. The zero-order valence-corrected chi connectivity index (χ0v) is 11.0. The van der Waals surface area contributed by atoms with E-state index in [1.165, 1.54) is 0 Å². The van der Waals surface area contributed by atoms with Gasteiger partial charge >= 0.3 is 0 Å². The monoisotopic (exact) mass is 243 g/mol. The van der Waals surface area contributed by atoms with Crippen LogP contribution in [-0.4, -0.2) is 28.4 Å². The summed E-state index contributed by atoms with van der Waals surface area (Å²) < 4.78 is 17.2. The van der Waals surface area contributed by atoms with Crippen molar-refractivity contribution in [2.24, 2.45) is 5.41 Å². The van der Waals surface area contributed by atoms with Crippen LogP contribution in [0.15, 0.2) is 0 Å². The highest BCUT2D eigenvalue weighted by Crippen LogP contribution is 2.21. The van der Waals surface area contributed by atoms with Crippen LogP contribution < -0.4 is 0 Å². The molecule has 1 rings (SSSR count). The van der Waals surface area contributed by atoms with Crippen LogP contribution >= 0.6 is 0 Å². The topological polar surface area (TPSA) is 50.1 Å². The largest absolute Gasteiger partial charge is 0.377 e. The van der Waals surface area contributed by atoms with E-state index in [0.717, 1.165) is 32.3 Å². The molecule has 0 amide bonds. The number of nitriles is 1. The van der Waals surface area contributed by atoms with Gasteiger partial charge in [0, 0.05) is 28.9 Å². The van der Waals surface area contributed by atoms with Crippen molar-refractivity contribution in [3.63, 3.8) is 0 Å². The Morgan fingerprint density at radius 3 is 2.88 bits per heavy atom. The summed E-state index contributed by atoms with van der Waals surface area (Å²) in [6, 6.07) is 2.26. The third-order valence-electron chi connectivity index (χ3n) is 2.87. The lowest BCUT2D eigenvalue weighted by Crippen LogP contribution is -2.18. The van der Waals surface area contributed by atoms with E-state index in [-0.39, 0.29) is 11.5 Å². The zero-order chi connectivity index (χ0) is 12.0. The van der Waals surface area contributed by atoms with Crippen LogP contribution in [0.3, 0.4) is 0 Å². The molecule has 0 aromatic heterocycles. The Labute approximate surface area is 101 Å². The molecule has 2 unspecified atom stereocenters. The number of hydrogen-bond donors (Lipinski definition) is 0. The minimum atomic E-state index is -0.781. The molecule has 1 aliphatic heterocycles. The van der Waals surface area contributed by atoms with Gasteiger partial charge in [-0.05, 0) is 39.5 Å². The van der Waals surface area contributed by atoms with Gasteiger partial charge in [-0.1, -0.05) is 0 Å². The third-order valence-corrected chi connectivity index (χ3v) is 4.36. The summed E-state index contributed by atoms with van der Waals surface area (Å²) in [6.07, 6.45) is 4.05. The van der Waals surface area contributed by atoms with Crippen molar-refractivity contribution in [3.8, 4) is 6.07 Å². The van der Waals surface area contributed by atoms with Crippen LogP contribution in [0.5, 0.6) is 0 Å². The van der Waals surface area contributed by atoms with Crippen LogP contribution in [0, 0.1) is 16.7 Å². The minimum absolute atomic E-state index is 0.213. The van der Waals surface area contributed by atoms with Crippen molar-refractivity contribution in [1.29, 1.82) is 5.26 Å². The molecule has 0 aromatic carbocycles. The lowest BCUT2D eigenvalue weighted by atomic mass is 9.90. The van der Waals surface area contributed by atoms with Gasteiger partial charge in [0.15, 0.2) is 0 Å². The fourth-order valence-corrected chi connectivity index (χ4v) is 3.11. The highest BCUT2D eigenvalue weighted by molar-refractivity contribution is 7.85. The van der Waals surface area contributed by atoms with Gasteiger partial charge in [-0.25, -0.2) is 0 Å². The Hall–Kier alpha value is -0.400. The van der Waals surface area contributed by atoms with Crippen molar-refractivity contribution in [1.82, 2.24) is 0 Å². The first-order chi connectivity index (χ1) is 7.53. The average Bonchev–Trinajstić information content (AvgIpc) is 2.70. The van der Waals surface area contributed by atoms with Crippen molar-refractivity contribution < 1.29 is 8.95 Å². The summed E-state index contributed by atoms with van der Waals surface area (Å²) in [5.41, 5.74) is -0.284. The quantitative estimate of drug-likeness (QED) is 0.719. The van der Waals surface area contributed by atoms with Crippen molar-refractivity contribution in [2.45, 2.75) is 45.6 Å². The van der Waals surface area contributed by atoms with Crippen molar-refractivity contribution in [3.05, 3.63) is 0 Å². The predicted molar refractivity (Wildman–Crippen MR) is 65.5 cm³/mol. The van der Waals surface area contributed by atoms with E-state index in [1.807, 2.05) is 13.8 Å². The molecule has 2 atom stereocenters. The molecular formula is C12H21NO2S. The Bertz CT molecular complexity index is 277. The maximum absolute atomic E-state index is 11.7. The Kier molecular flexibility index (Phi) is 5.43. The van der Waals surface area contributed by atoms with Gasteiger partial charge in [-0.2, -0.15) is 5.26 Å². The second kappa shape index (κ2) is 6.36. The van der Waals surface area contributed by atoms with Gasteiger partial charge in [0.05, 0.1) is 17.6 Å². The van der Waals surface area contributed by atoms with E-state index in [1.54, 1.807) is 0 Å². The number of rotatable bonds is 6. The maximum Gasteiger partial charge on any atom is 0.0691 e. The summed E-state index contributed by atoms with van der Waals surface area (Å²) in [6.45, 7) is 4.68. The van der Waals surface area contributed by atoms with E-state index in [0.29, 0.717) is 11.5 Å². The van der Waals surface area contributed by atoms with E-state index in [9.17, 15) is 4.21 Å². The zero-order valence-electron chi connectivity index (χ0n) is 10.2. The van der Waals surface area contributed by atoms with E-state index in [4.69, 9.17) is 10.00 Å². The summed E-state index contributed by atoms with van der Waals surface area (Å²) in [7, 11) is -0.781. The molecule has 3 nitrogen and oxygen atoms in total. The van der Waals surface area contributed by atoms with Crippen molar-refractivity contribution in [2.75, 3.05) is 18.1 Å². The van der Waals surface area contributed by atoms with Gasteiger partial charge < -0.3 is 4.74 Å². The summed E-state index contributed by atoms with van der Waals surface area (Å²) in [5.74, 6) is 1.37. The van der Waals surface area contributed by atoms with Crippen LogP contribution in [0.4, 0.5) is 0 Å². The first-order valence-electron chi connectivity index (χ1n) is 5.91. The normalized spacial score (nSPS) is 22.9. The molecule has 0 bridgehead atoms. The van der Waals surface area contributed by atoms with E-state index >= 15 is 0 Å². The van der Waals surface area contributed by atoms with E-state index < -0.39 is 10.8 Å². The number of hydrogen-bond acceptors (Lipinski definition) is 3. The highest BCUT2D eigenvalue weighted by Gasteiger charge is 2.20. The molecule has 1 heterocycles. The predicted octanol–water partition coefficient (Wildman–Crippen LogP) is 2.24. The SMILES string of the molecule is CC(C)(C#N)CCCS(=O)CC1CCCO1. The Morgan fingerprint density at radius 2 is 2.31 bits per heavy atom. The molecule has 0 aliphatic carbocycles. The van der Waals surface area contributed by atoms with Gasteiger partial charge in [-0.15, -0.1) is 0 Å². The average molecular weight is 243 g/mol. The van der Waals surface area contributed by atoms with Crippen molar-refractivity contribution >= 4 is 10.8 Å². The fourth-order valence-electron chi connectivity index (χ4n) is 1.80. The Morgan fingerprint density at radius 1 is 1.56 bits per heavy atom. The van der Waals surface area contributed by atoms with Crippen LogP contribution in [0.2, 0.25) is 0 Å². The number of nitrogens with zero attached hydrogens (tertiary/aromatic N) is 1. The second-order valence-electron chi connectivity index (χ2n) is 5.04. The fraction of sp³-hybridized carbons (Fsp3) is 0.917. The summed E-state index contributed by atoms with van der Waals surface area (Å²) in [4.78, 5) is 0. The maximum atomic E-state index is 11.7. The first kappa shape index (κ1) is 13.7. The molecule has 1 fully saturated rings. The second-order valence-corrected chi connectivity index (χ2v) is 6.67. The Balaban J connectivity index is 2.13. The van der Waals surface area contributed by atoms with Crippen LogP contribution in [0.1, 0.15) is 39.5 Å². The molecule has 16 heavy (non-hydrogen) atoms. The van der Waals surface area contributed by atoms with Gasteiger partial charge in [-0.3, -0.25) is 4.21 Å². The molecular weight excluding hydrogens is 222 g/mol. The molecule has 0 radical (unpaired) electrons.